The minimum Gasteiger partial charge on any atom is -0.481 e. The summed E-state index contributed by atoms with van der Waals surface area (Å²) < 4.78 is 45.2. The molecule has 0 unspecified atom stereocenters. The summed E-state index contributed by atoms with van der Waals surface area (Å²) in [6, 6.07) is 3.57. The molecule has 0 amide bonds. The average Bonchev–Trinajstić information content (AvgIpc) is 2.85. The van der Waals surface area contributed by atoms with Crippen molar-refractivity contribution in [1.82, 2.24) is 0 Å². The number of halogens is 2. The van der Waals surface area contributed by atoms with E-state index in [0.717, 1.165) is 16.7 Å². The molecule has 248 valence electrons. The Bertz CT molecular complexity index is 1270. The van der Waals surface area contributed by atoms with Gasteiger partial charge in [-0.1, -0.05) is 55.4 Å². The fraction of sp³-hybridized carbons (Fsp3) is 0.611. The van der Waals surface area contributed by atoms with Crippen LogP contribution < -0.4 is 0 Å². The van der Waals surface area contributed by atoms with Crippen LogP contribution in [-0.4, -0.2) is 36.9 Å². The van der Waals surface area contributed by atoms with Gasteiger partial charge in [-0.05, 0) is 90.0 Å². The smallest absolute Gasteiger partial charge is 0.310 e. The van der Waals surface area contributed by atoms with Crippen molar-refractivity contribution in [2.45, 2.75) is 131 Å². The first kappa shape index (κ1) is 39.2. The molecule has 0 bridgehead atoms. The molecule has 0 fully saturated rings. The Morgan fingerprint density at radius 1 is 0.705 bits per heavy atom. The van der Waals surface area contributed by atoms with Gasteiger partial charge in [0.2, 0.25) is 0 Å². The van der Waals surface area contributed by atoms with E-state index in [-0.39, 0.29) is 67.3 Å². The van der Waals surface area contributed by atoms with Gasteiger partial charge >= 0.3 is 11.9 Å². The van der Waals surface area contributed by atoms with Crippen molar-refractivity contribution >= 4 is 11.9 Å². The highest BCUT2D eigenvalue weighted by molar-refractivity contribution is 5.74. The summed E-state index contributed by atoms with van der Waals surface area (Å²) in [5.74, 6) is -1.65. The second-order valence-corrected chi connectivity index (χ2v) is 13.5. The highest BCUT2D eigenvalue weighted by Gasteiger charge is 2.26. The second kappa shape index (κ2) is 17.0. The normalized spacial score (nSPS) is 11.8. The zero-order chi connectivity index (χ0) is 34.1. The number of aliphatic carboxylic acids is 1. The molecule has 0 aliphatic heterocycles. The Hall–Kier alpha value is -2.84. The van der Waals surface area contributed by atoms with E-state index < -0.39 is 11.6 Å². The molecule has 0 aliphatic rings. The average molecular weight is 621 g/mol. The van der Waals surface area contributed by atoms with Crippen molar-refractivity contribution in [1.29, 1.82) is 0 Å². The molecular weight excluding hydrogens is 566 g/mol. The van der Waals surface area contributed by atoms with Crippen LogP contribution >= 0.6 is 0 Å². The van der Waals surface area contributed by atoms with E-state index in [1.165, 1.54) is 7.11 Å². The number of ether oxygens (including phenoxy) is 3. The number of hydrogen-bond acceptors (Lipinski definition) is 5. The highest BCUT2D eigenvalue weighted by Crippen LogP contribution is 2.35. The van der Waals surface area contributed by atoms with Crippen LogP contribution in [0.1, 0.15) is 144 Å². The predicted octanol–water partition coefficient (Wildman–Crippen LogP) is 8.95. The summed E-state index contributed by atoms with van der Waals surface area (Å²) in [5.41, 5.74) is 4.83. The first-order valence-electron chi connectivity index (χ1n) is 15.4. The Morgan fingerprint density at radius 3 is 1.34 bits per heavy atom. The summed E-state index contributed by atoms with van der Waals surface area (Å²) in [6.45, 7) is 21.6. The van der Waals surface area contributed by atoms with Crippen molar-refractivity contribution in [3.63, 3.8) is 0 Å². The molecular formula is C36H54F2O6. The third-order valence-corrected chi connectivity index (χ3v) is 7.11. The molecule has 0 atom stereocenters. The van der Waals surface area contributed by atoms with Gasteiger partial charge in [-0.3, -0.25) is 9.59 Å². The molecule has 0 heterocycles. The molecule has 6 nitrogen and oxygen atoms in total. The Balaban J connectivity index is 0.000000447. The number of hydrogen-bond donors (Lipinski definition) is 1. The van der Waals surface area contributed by atoms with Gasteiger partial charge in [0.15, 0.2) is 0 Å². The van der Waals surface area contributed by atoms with Crippen LogP contribution in [0.4, 0.5) is 8.78 Å². The molecule has 2 aromatic rings. The lowest BCUT2D eigenvalue weighted by molar-refractivity contribution is -0.154. The minimum atomic E-state index is -0.937. The maximum atomic E-state index is 15.0. The summed E-state index contributed by atoms with van der Waals surface area (Å²) in [5, 5.41) is 9.10. The Kier molecular flexibility index (Phi) is 15.2. The molecule has 44 heavy (non-hydrogen) atoms. The van der Waals surface area contributed by atoms with Crippen molar-refractivity contribution in [2.75, 3.05) is 14.2 Å². The van der Waals surface area contributed by atoms with E-state index in [9.17, 15) is 18.4 Å². The van der Waals surface area contributed by atoms with Crippen LogP contribution in [-0.2, 0) is 49.9 Å². The van der Waals surface area contributed by atoms with E-state index >= 15 is 0 Å². The van der Waals surface area contributed by atoms with Crippen LogP contribution in [0.3, 0.4) is 0 Å². The monoisotopic (exact) mass is 620 g/mol. The van der Waals surface area contributed by atoms with Gasteiger partial charge in [-0.2, -0.15) is 0 Å². The standard InChI is InChI=1S/C20H31FO3.C16H23FO3/c1-12(2)15-9-14(11-23-8)19(21)18(13(3)4)16(15)10-17(22)24-20(5,6)7;1-9(2)12-6-11(8-20-5)16(17)15(10(3)4)13(12)7-14(18)19/h9,12-13H,10-11H2,1-8H3;6,9-10H,7-8H2,1-5H3,(H,18,19). The van der Waals surface area contributed by atoms with Gasteiger partial charge in [0.25, 0.3) is 0 Å². The van der Waals surface area contributed by atoms with Crippen LogP contribution in [0.5, 0.6) is 0 Å². The van der Waals surface area contributed by atoms with Gasteiger partial charge in [-0.15, -0.1) is 0 Å². The predicted molar refractivity (Wildman–Crippen MR) is 171 cm³/mol. The zero-order valence-electron chi connectivity index (χ0n) is 29.0. The molecule has 8 heteroatoms. The number of carbonyl (C=O) groups excluding carboxylic acids is 1. The van der Waals surface area contributed by atoms with Crippen LogP contribution in [0.15, 0.2) is 12.1 Å². The molecule has 0 saturated carbocycles. The number of carboxylic acids is 1. The largest absolute Gasteiger partial charge is 0.481 e. The molecule has 2 aromatic carbocycles. The molecule has 0 aromatic heterocycles. The summed E-state index contributed by atoms with van der Waals surface area (Å²) in [6.07, 6.45) is -0.0618. The van der Waals surface area contributed by atoms with Crippen molar-refractivity contribution < 1.29 is 37.7 Å². The molecule has 0 spiro atoms. The van der Waals surface area contributed by atoms with E-state index in [0.29, 0.717) is 27.8 Å². The highest BCUT2D eigenvalue weighted by atomic mass is 19.1. The van der Waals surface area contributed by atoms with Crippen molar-refractivity contribution in [3.05, 3.63) is 68.3 Å². The number of benzene rings is 2. The molecule has 2 rings (SSSR count). The fourth-order valence-corrected chi connectivity index (χ4v) is 5.42. The molecule has 1 N–H and O–H groups in total. The van der Waals surface area contributed by atoms with Gasteiger partial charge in [-0.25, -0.2) is 8.78 Å². The first-order chi connectivity index (χ1) is 20.3. The Labute approximate surface area is 263 Å². The lowest BCUT2D eigenvalue weighted by Gasteiger charge is -2.24. The van der Waals surface area contributed by atoms with Crippen LogP contribution in [0, 0.1) is 11.6 Å². The third-order valence-electron chi connectivity index (χ3n) is 7.11. The van der Waals surface area contributed by atoms with Crippen molar-refractivity contribution in [3.8, 4) is 0 Å². The molecule has 0 aliphatic carbocycles. The van der Waals surface area contributed by atoms with Gasteiger partial charge in [0.1, 0.15) is 17.2 Å². The molecule has 0 saturated heterocycles. The second-order valence-electron chi connectivity index (χ2n) is 13.5. The van der Waals surface area contributed by atoms with Gasteiger partial charge in [0, 0.05) is 25.3 Å². The third kappa shape index (κ3) is 11.0. The maximum Gasteiger partial charge on any atom is 0.310 e. The van der Waals surface area contributed by atoms with E-state index in [4.69, 9.17) is 19.3 Å². The molecule has 0 radical (unpaired) electrons. The number of rotatable bonds is 12. The lowest BCUT2D eigenvalue weighted by Crippen LogP contribution is -2.26. The summed E-state index contributed by atoms with van der Waals surface area (Å²) in [4.78, 5) is 23.4. The van der Waals surface area contributed by atoms with E-state index in [1.807, 2.05) is 82.2 Å². The van der Waals surface area contributed by atoms with Crippen molar-refractivity contribution in [2.24, 2.45) is 0 Å². The summed E-state index contributed by atoms with van der Waals surface area (Å²) in [7, 11) is 3.08. The minimum absolute atomic E-state index is 0.0308. The summed E-state index contributed by atoms with van der Waals surface area (Å²) >= 11 is 0. The fourth-order valence-electron chi connectivity index (χ4n) is 5.42. The Morgan fingerprint density at radius 2 is 1.07 bits per heavy atom. The van der Waals surface area contributed by atoms with Crippen LogP contribution in [0.2, 0.25) is 0 Å². The number of carbonyl (C=O) groups is 2. The topological polar surface area (TPSA) is 82.1 Å². The zero-order valence-corrected chi connectivity index (χ0v) is 29.0. The van der Waals surface area contributed by atoms with E-state index in [2.05, 4.69) is 0 Å². The maximum absolute atomic E-state index is 15.0. The SMILES string of the molecule is COCc1cc(C(C)C)c(CC(=O)O)c(C(C)C)c1F.COCc1cc(C(C)C)c(CC(=O)OC(C)(C)C)c(C(C)C)c1F. The first-order valence-corrected chi connectivity index (χ1v) is 15.4. The van der Waals surface area contributed by atoms with Gasteiger partial charge < -0.3 is 19.3 Å². The number of carboxylic acid groups (broad SMARTS) is 1. The lowest BCUT2D eigenvalue weighted by atomic mass is 9.84. The quantitative estimate of drug-likeness (QED) is 0.239. The van der Waals surface area contributed by atoms with E-state index in [1.54, 1.807) is 13.2 Å². The van der Waals surface area contributed by atoms with Crippen LogP contribution in [0.25, 0.3) is 0 Å². The number of esters is 1. The van der Waals surface area contributed by atoms with Gasteiger partial charge in [0.05, 0.1) is 26.1 Å². The number of methoxy groups -OCH3 is 2.